The molecule has 1 fully saturated rings. The summed E-state index contributed by atoms with van der Waals surface area (Å²) in [7, 11) is 0. The maximum Gasteiger partial charge on any atom is 0.0525 e. The first-order chi connectivity index (χ1) is 8.86. The minimum Gasteiger partial charge on any atom is -0.363 e. The number of nitrogens with zero attached hydrogens (tertiary/aromatic N) is 1. The minimum atomic E-state index is 0.592. The summed E-state index contributed by atoms with van der Waals surface area (Å²) in [6.45, 7) is 1.03. The van der Waals surface area contributed by atoms with Crippen LogP contribution in [0.2, 0.25) is 0 Å². The van der Waals surface area contributed by atoms with Gasteiger partial charge in [-0.05, 0) is 42.0 Å². The quantitative estimate of drug-likeness (QED) is 0.719. The van der Waals surface area contributed by atoms with Gasteiger partial charge < -0.3 is 4.90 Å². The van der Waals surface area contributed by atoms with E-state index in [1.54, 1.807) is 0 Å². The molecule has 1 aromatic carbocycles. The average Bonchev–Trinajstić information content (AvgIpc) is 3.13. The molecule has 0 N–H and O–H groups in total. The van der Waals surface area contributed by atoms with Crippen molar-refractivity contribution >= 4 is 28.6 Å². The van der Waals surface area contributed by atoms with Gasteiger partial charge in [0.25, 0.3) is 0 Å². The van der Waals surface area contributed by atoms with Crippen LogP contribution in [0.25, 0.3) is 0 Å². The monoisotopic (exact) mass is 277 g/mol. The Balaban J connectivity index is 1.80. The summed E-state index contributed by atoms with van der Waals surface area (Å²) < 4.78 is 0. The van der Waals surface area contributed by atoms with Gasteiger partial charge in [0.15, 0.2) is 0 Å². The molecule has 1 aliphatic rings. The van der Waals surface area contributed by atoms with E-state index < -0.39 is 0 Å². The fourth-order valence-electron chi connectivity index (χ4n) is 2.16. The number of halogens is 1. The second kappa shape index (κ2) is 5.33. The lowest BCUT2D eigenvalue weighted by molar-refractivity contribution is 0.803. The zero-order valence-corrected chi connectivity index (χ0v) is 11.8. The van der Waals surface area contributed by atoms with Crippen LogP contribution in [0, 0.1) is 0 Å². The van der Waals surface area contributed by atoms with E-state index in [4.69, 9.17) is 11.6 Å². The third kappa shape index (κ3) is 2.70. The average molecular weight is 278 g/mol. The SMILES string of the molecule is ClCc1ccc(N(Cc2cccs2)C2CC2)cc1. The Bertz CT molecular complexity index is 488. The molecular weight excluding hydrogens is 262 g/mol. The summed E-state index contributed by atoms with van der Waals surface area (Å²) in [5.74, 6) is 0.592. The lowest BCUT2D eigenvalue weighted by Gasteiger charge is -2.24. The van der Waals surface area contributed by atoms with Crippen LogP contribution in [0.4, 0.5) is 5.69 Å². The lowest BCUT2D eigenvalue weighted by Crippen LogP contribution is -2.24. The molecule has 1 heterocycles. The largest absolute Gasteiger partial charge is 0.363 e. The van der Waals surface area contributed by atoms with E-state index in [2.05, 4.69) is 46.7 Å². The molecule has 0 atom stereocenters. The summed E-state index contributed by atoms with van der Waals surface area (Å²) in [5, 5.41) is 2.15. The van der Waals surface area contributed by atoms with Gasteiger partial charge in [-0.3, -0.25) is 0 Å². The number of benzene rings is 1. The van der Waals surface area contributed by atoms with E-state index in [0.717, 1.165) is 12.6 Å². The Morgan fingerprint density at radius 1 is 1.17 bits per heavy atom. The van der Waals surface area contributed by atoms with Crippen LogP contribution in [0.15, 0.2) is 41.8 Å². The third-order valence-corrected chi connectivity index (χ3v) is 4.49. The molecule has 1 aromatic heterocycles. The lowest BCUT2D eigenvalue weighted by atomic mass is 10.2. The Hall–Kier alpha value is -0.990. The molecule has 3 rings (SSSR count). The van der Waals surface area contributed by atoms with E-state index in [-0.39, 0.29) is 0 Å². The van der Waals surface area contributed by atoms with Crippen LogP contribution in [-0.4, -0.2) is 6.04 Å². The van der Waals surface area contributed by atoms with E-state index in [0.29, 0.717) is 5.88 Å². The highest BCUT2D eigenvalue weighted by Gasteiger charge is 2.29. The van der Waals surface area contributed by atoms with Crippen molar-refractivity contribution < 1.29 is 0 Å². The molecule has 0 bridgehead atoms. The number of rotatable bonds is 5. The van der Waals surface area contributed by atoms with Crippen LogP contribution in [0.5, 0.6) is 0 Å². The van der Waals surface area contributed by atoms with Crippen molar-refractivity contribution in [2.24, 2.45) is 0 Å². The van der Waals surface area contributed by atoms with Gasteiger partial charge in [-0.2, -0.15) is 0 Å². The summed E-state index contributed by atoms with van der Waals surface area (Å²) >= 11 is 7.67. The molecule has 0 aliphatic heterocycles. The van der Waals surface area contributed by atoms with Crippen molar-refractivity contribution in [1.29, 1.82) is 0 Å². The first-order valence-corrected chi connectivity index (χ1v) is 7.72. The Labute approximate surface area is 117 Å². The fraction of sp³-hybridized carbons (Fsp3) is 0.333. The predicted octanol–water partition coefficient (Wildman–Crippen LogP) is 4.66. The molecule has 1 nitrogen and oxygen atoms in total. The van der Waals surface area contributed by atoms with Gasteiger partial charge in [0, 0.05) is 22.5 Å². The minimum absolute atomic E-state index is 0.592. The van der Waals surface area contributed by atoms with Gasteiger partial charge in [0.2, 0.25) is 0 Å². The van der Waals surface area contributed by atoms with Gasteiger partial charge in [-0.1, -0.05) is 18.2 Å². The zero-order chi connectivity index (χ0) is 12.4. The van der Waals surface area contributed by atoms with Crippen molar-refractivity contribution in [3.63, 3.8) is 0 Å². The molecule has 94 valence electrons. The summed E-state index contributed by atoms with van der Waals surface area (Å²) in [6.07, 6.45) is 2.64. The van der Waals surface area contributed by atoms with Gasteiger partial charge >= 0.3 is 0 Å². The van der Waals surface area contributed by atoms with Crippen LogP contribution >= 0.6 is 22.9 Å². The summed E-state index contributed by atoms with van der Waals surface area (Å²) in [4.78, 5) is 3.95. The van der Waals surface area contributed by atoms with Gasteiger partial charge in [0.1, 0.15) is 0 Å². The predicted molar refractivity (Wildman–Crippen MR) is 79.5 cm³/mol. The molecular formula is C15H16ClNS. The van der Waals surface area contributed by atoms with Gasteiger partial charge in [-0.15, -0.1) is 22.9 Å². The van der Waals surface area contributed by atoms with Gasteiger partial charge in [0.05, 0.1) is 6.54 Å². The standard InChI is InChI=1S/C15H16ClNS/c16-10-12-3-5-13(6-4-12)17(14-7-8-14)11-15-2-1-9-18-15/h1-6,9,14H,7-8,10-11H2. The molecule has 0 amide bonds. The first kappa shape index (κ1) is 12.1. The van der Waals surface area contributed by atoms with E-state index in [9.17, 15) is 0 Å². The van der Waals surface area contributed by atoms with Crippen molar-refractivity contribution in [2.45, 2.75) is 31.3 Å². The molecule has 2 aromatic rings. The maximum absolute atomic E-state index is 5.84. The highest BCUT2D eigenvalue weighted by Crippen LogP contribution is 2.33. The van der Waals surface area contributed by atoms with E-state index in [1.807, 2.05) is 11.3 Å². The third-order valence-electron chi connectivity index (χ3n) is 3.32. The van der Waals surface area contributed by atoms with Crippen LogP contribution in [0.1, 0.15) is 23.3 Å². The number of alkyl halides is 1. The second-order valence-electron chi connectivity index (χ2n) is 4.74. The highest BCUT2D eigenvalue weighted by atomic mass is 35.5. The first-order valence-electron chi connectivity index (χ1n) is 6.31. The molecule has 1 aliphatic carbocycles. The van der Waals surface area contributed by atoms with Crippen molar-refractivity contribution in [3.05, 3.63) is 52.2 Å². The fourth-order valence-corrected chi connectivity index (χ4v) is 3.05. The Kier molecular flexibility index (Phi) is 3.57. The second-order valence-corrected chi connectivity index (χ2v) is 6.04. The highest BCUT2D eigenvalue weighted by molar-refractivity contribution is 7.09. The number of hydrogen-bond donors (Lipinski definition) is 0. The Morgan fingerprint density at radius 2 is 1.94 bits per heavy atom. The number of hydrogen-bond acceptors (Lipinski definition) is 2. The van der Waals surface area contributed by atoms with Crippen molar-refractivity contribution in [2.75, 3.05) is 4.90 Å². The molecule has 0 saturated heterocycles. The normalized spacial score (nSPS) is 14.7. The summed E-state index contributed by atoms with van der Waals surface area (Å²) in [5.41, 5.74) is 2.51. The molecule has 1 saturated carbocycles. The van der Waals surface area contributed by atoms with Crippen LogP contribution < -0.4 is 4.90 Å². The van der Waals surface area contributed by atoms with Crippen LogP contribution in [-0.2, 0) is 12.4 Å². The van der Waals surface area contributed by atoms with Crippen molar-refractivity contribution in [3.8, 4) is 0 Å². The Morgan fingerprint density at radius 3 is 2.50 bits per heavy atom. The maximum atomic E-state index is 5.84. The number of anilines is 1. The topological polar surface area (TPSA) is 3.24 Å². The number of thiophene rings is 1. The van der Waals surface area contributed by atoms with Crippen LogP contribution in [0.3, 0.4) is 0 Å². The summed E-state index contributed by atoms with van der Waals surface area (Å²) in [6, 6.07) is 13.7. The van der Waals surface area contributed by atoms with E-state index in [1.165, 1.54) is 29.0 Å². The van der Waals surface area contributed by atoms with E-state index >= 15 is 0 Å². The molecule has 0 radical (unpaired) electrons. The molecule has 0 unspecified atom stereocenters. The smallest absolute Gasteiger partial charge is 0.0525 e. The van der Waals surface area contributed by atoms with Crippen molar-refractivity contribution in [1.82, 2.24) is 0 Å². The zero-order valence-electron chi connectivity index (χ0n) is 10.2. The molecule has 18 heavy (non-hydrogen) atoms. The molecule has 0 spiro atoms. The molecule has 3 heteroatoms. The van der Waals surface area contributed by atoms with Gasteiger partial charge in [-0.25, -0.2) is 0 Å².